The highest BCUT2D eigenvalue weighted by Crippen LogP contribution is 2.41. The van der Waals surface area contributed by atoms with E-state index in [0.29, 0.717) is 5.92 Å². The lowest BCUT2D eigenvalue weighted by Crippen LogP contribution is -2.18. The molecule has 0 unspecified atom stereocenters. The zero-order valence-electron chi connectivity index (χ0n) is 19.1. The third-order valence-corrected chi connectivity index (χ3v) is 8.12. The van der Waals surface area contributed by atoms with Crippen LogP contribution in [0, 0.1) is 42.1 Å². The van der Waals surface area contributed by atoms with Gasteiger partial charge in [-0.3, -0.25) is 0 Å². The van der Waals surface area contributed by atoms with Gasteiger partial charge >= 0.3 is 0 Å². The van der Waals surface area contributed by atoms with Crippen molar-refractivity contribution < 1.29 is 13.2 Å². The molecule has 0 N–H and O–H groups in total. The van der Waals surface area contributed by atoms with Crippen LogP contribution in [0.1, 0.15) is 120 Å². The first-order valence-electron chi connectivity index (χ1n) is 12.6. The summed E-state index contributed by atoms with van der Waals surface area (Å²) in [5, 5.41) is 0. The summed E-state index contributed by atoms with van der Waals surface area (Å²) in [6.45, 7) is 3.58. The average Bonchev–Trinajstić information content (AvgIpc) is 2.77. The van der Waals surface area contributed by atoms with Crippen LogP contribution < -0.4 is 0 Å². The van der Waals surface area contributed by atoms with Crippen LogP contribution in [0.4, 0.5) is 13.2 Å². The van der Waals surface area contributed by atoms with E-state index in [-0.39, 0.29) is 17.0 Å². The molecule has 30 heavy (non-hydrogen) atoms. The molecule has 0 aliphatic heterocycles. The molecule has 2 fully saturated rings. The van der Waals surface area contributed by atoms with Crippen LogP contribution in [0.15, 0.2) is 6.07 Å². The summed E-state index contributed by atoms with van der Waals surface area (Å²) >= 11 is 0. The molecular weight excluding hydrogens is 381 g/mol. The van der Waals surface area contributed by atoms with Gasteiger partial charge in [0.15, 0.2) is 11.6 Å². The Morgan fingerprint density at radius 2 is 1.23 bits per heavy atom. The SMILES string of the molecule is CCCCCC[C@H]1CC[C@H](CCC2CCC(c3cc(F)c(C)c(F)c3F)CC2)CC1. The Hall–Kier alpha value is -0.990. The summed E-state index contributed by atoms with van der Waals surface area (Å²) in [5.41, 5.74) is 0.0481. The van der Waals surface area contributed by atoms with Crippen molar-refractivity contribution in [2.75, 3.05) is 0 Å². The molecule has 0 bridgehead atoms. The number of unbranched alkanes of at least 4 members (excludes halogenated alkanes) is 3. The van der Waals surface area contributed by atoms with Crippen molar-refractivity contribution in [1.82, 2.24) is 0 Å². The number of benzene rings is 1. The molecule has 0 aromatic heterocycles. The molecule has 0 radical (unpaired) electrons. The van der Waals surface area contributed by atoms with Crippen LogP contribution >= 0.6 is 0 Å². The molecule has 0 heterocycles. The summed E-state index contributed by atoms with van der Waals surface area (Å²) in [6.07, 6.45) is 19.1. The maximum Gasteiger partial charge on any atom is 0.164 e. The van der Waals surface area contributed by atoms with Crippen molar-refractivity contribution in [3.63, 3.8) is 0 Å². The molecule has 0 amide bonds. The van der Waals surface area contributed by atoms with E-state index in [4.69, 9.17) is 0 Å². The minimum absolute atomic E-state index is 0.0333. The Bertz CT molecular complexity index is 653. The first kappa shape index (κ1) is 23.7. The fourth-order valence-corrected chi connectivity index (χ4v) is 5.90. The van der Waals surface area contributed by atoms with Crippen molar-refractivity contribution in [3.8, 4) is 0 Å². The van der Waals surface area contributed by atoms with E-state index < -0.39 is 17.5 Å². The van der Waals surface area contributed by atoms with Gasteiger partial charge in [-0.2, -0.15) is 0 Å². The minimum Gasteiger partial charge on any atom is -0.207 e. The van der Waals surface area contributed by atoms with Gasteiger partial charge in [0, 0.05) is 5.56 Å². The smallest absolute Gasteiger partial charge is 0.164 e. The number of hydrogen-bond donors (Lipinski definition) is 0. The summed E-state index contributed by atoms with van der Waals surface area (Å²) in [7, 11) is 0. The highest BCUT2D eigenvalue weighted by atomic mass is 19.2. The van der Waals surface area contributed by atoms with Crippen LogP contribution in [-0.2, 0) is 0 Å². The standard InChI is InChI=1S/C27H41F3/c1-3-4-5-6-7-20-8-10-21(11-9-20)12-13-22-14-16-23(17-15-22)24-18-25(28)19(2)26(29)27(24)30/h18,20-23H,3-17H2,1-2H3/t20-,21-,22?,23?. The summed E-state index contributed by atoms with van der Waals surface area (Å²) < 4.78 is 42.1. The van der Waals surface area contributed by atoms with Gasteiger partial charge in [-0.15, -0.1) is 0 Å². The molecule has 170 valence electrons. The van der Waals surface area contributed by atoms with Gasteiger partial charge in [-0.05, 0) is 67.9 Å². The average molecular weight is 423 g/mol. The van der Waals surface area contributed by atoms with Gasteiger partial charge in [0.05, 0.1) is 0 Å². The fraction of sp³-hybridized carbons (Fsp3) is 0.778. The van der Waals surface area contributed by atoms with E-state index in [1.54, 1.807) is 0 Å². The molecule has 0 spiro atoms. The topological polar surface area (TPSA) is 0 Å². The maximum absolute atomic E-state index is 14.3. The Balaban J connectivity index is 1.36. The van der Waals surface area contributed by atoms with Crippen LogP contribution in [0.2, 0.25) is 0 Å². The minimum atomic E-state index is -1.01. The molecule has 3 heteroatoms. The second-order valence-electron chi connectivity index (χ2n) is 10.2. The van der Waals surface area contributed by atoms with Crippen molar-refractivity contribution in [2.24, 2.45) is 17.8 Å². The monoisotopic (exact) mass is 422 g/mol. The van der Waals surface area contributed by atoms with E-state index in [0.717, 1.165) is 37.5 Å². The Labute approximate surface area is 182 Å². The molecule has 0 atom stereocenters. The Morgan fingerprint density at radius 3 is 1.80 bits per heavy atom. The van der Waals surface area contributed by atoms with E-state index in [2.05, 4.69) is 6.92 Å². The molecule has 2 aliphatic carbocycles. The lowest BCUT2D eigenvalue weighted by atomic mass is 9.73. The molecule has 0 saturated heterocycles. The van der Waals surface area contributed by atoms with Gasteiger partial charge in [0.1, 0.15) is 5.82 Å². The quantitative estimate of drug-likeness (QED) is 0.275. The molecule has 2 saturated carbocycles. The van der Waals surface area contributed by atoms with Gasteiger partial charge in [0.25, 0.3) is 0 Å². The van der Waals surface area contributed by atoms with E-state index in [1.807, 2.05) is 0 Å². The lowest BCUT2D eigenvalue weighted by molar-refractivity contribution is 0.221. The largest absolute Gasteiger partial charge is 0.207 e. The van der Waals surface area contributed by atoms with Crippen LogP contribution in [0.5, 0.6) is 0 Å². The van der Waals surface area contributed by atoms with Crippen LogP contribution in [0.25, 0.3) is 0 Å². The third kappa shape index (κ3) is 6.26. The van der Waals surface area contributed by atoms with Gasteiger partial charge < -0.3 is 0 Å². The molecule has 1 aromatic carbocycles. The normalized spacial score (nSPS) is 27.4. The number of rotatable bonds is 9. The van der Waals surface area contributed by atoms with Crippen LogP contribution in [0.3, 0.4) is 0 Å². The van der Waals surface area contributed by atoms with Crippen molar-refractivity contribution in [2.45, 2.75) is 116 Å². The molecule has 0 nitrogen and oxygen atoms in total. The highest BCUT2D eigenvalue weighted by molar-refractivity contribution is 5.30. The number of hydrogen-bond acceptors (Lipinski definition) is 0. The molecule has 3 rings (SSSR count). The maximum atomic E-state index is 14.3. The zero-order chi connectivity index (χ0) is 21.5. The predicted octanol–water partition coefficient (Wildman–Crippen LogP) is 9.24. The predicted molar refractivity (Wildman–Crippen MR) is 119 cm³/mol. The van der Waals surface area contributed by atoms with E-state index in [1.165, 1.54) is 83.6 Å². The lowest BCUT2D eigenvalue weighted by Gasteiger charge is -2.32. The van der Waals surface area contributed by atoms with Crippen molar-refractivity contribution in [3.05, 3.63) is 34.6 Å². The van der Waals surface area contributed by atoms with Gasteiger partial charge in [-0.25, -0.2) is 13.2 Å². The van der Waals surface area contributed by atoms with Gasteiger partial charge in [-0.1, -0.05) is 77.6 Å². The third-order valence-electron chi connectivity index (χ3n) is 8.12. The van der Waals surface area contributed by atoms with Crippen molar-refractivity contribution >= 4 is 0 Å². The number of halogens is 3. The fourth-order valence-electron chi connectivity index (χ4n) is 5.90. The first-order valence-corrected chi connectivity index (χ1v) is 12.6. The summed E-state index contributed by atoms with van der Waals surface area (Å²) in [5.74, 6) is 0.0835. The zero-order valence-corrected chi connectivity index (χ0v) is 19.1. The van der Waals surface area contributed by atoms with E-state index >= 15 is 0 Å². The molecule has 2 aliphatic rings. The van der Waals surface area contributed by atoms with Crippen molar-refractivity contribution in [1.29, 1.82) is 0 Å². The second kappa shape index (κ2) is 11.6. The Kier molecular flexibility index (Phi) is 9.13. The Morgan fingerprint density at radius 1 is 0.700 bits per heavy atom. The van der Waals surface area contributed by atoms with E-state index in [9.17, 15) is 13.2 Å². The molecule has 1 aromatic rings. The second-order valence-corrected chi connectivity index (χ2v) is 10.2. The first-order chi connectivity index (χ1) is 14.5. The van der Waals surface area contributed by atoms with Gasteiger partial charge in [0.2, 0.25) is 0 Å². The highest BCUT2D eigenvalue weighted by Gasteiger charge is 2.28. The summed E-state index contributed by atoms with van der Waals surface area (Å²) in [6, 6.07) is 1.24. The summed E-state index contributed by atoms with van der Waals surface area (Å²) in [4.78, 5) is 0. The van der Waals surface area contributed by atoms with Crippen LogP contribution in [-0.4, -0.2) is 0 Å². The molecular formula is C27H41F3.